The van der Waals surface area contributed by atoms with Gasteiger partial charge in [-0.25, -0.2) is 14.2 Å². The van der Waals surface area contributed by atoms with Crippen molar-refractivity contribution in [1.29, 1.82) is 0 Å². The zero-order chi connectivity index (χ0) is 31.4. The number of carbonyl (C=O) groups excluding carboxylic acids is 1. The molecule has 1 unspecified atom stereocenters. The minimum Gasteiger partial charge on any atom is -0.328 e. The van der Waals surface area contributed by atoms with Crippen LogP contribution in [0.25, 0.3) is 11.3 Å². The fraction of sp³-hybridized carbons (Fsp3) is 0.568. The molecule has 4 heterocycles. The summed E-state index contributed by atoms with van der Waals surface area (Å²) in [7, 11) is 0. The second kappa shape index (κ2) is 13.6. The summed E-state index contributed by atoms with van der Waals surface area (Å²) in [6, 6.07) is 20.6. The topological polar surface area (TPSA) is 56.6 Å². The highest BCUT2D eigenvalue weighted by Crippen LogP contribution is 2.41. The molecule has 3 aliphatic rings. The summed E-state index contributed by atoms with van der Waals surface area (Å²) in [6.45, 7) is 11.8. The Labute approximate surface area is 268 Å². The molecule has 0 bridgehead atoms. The summed E-state index contributed by atoms with van der Waals surface area (Å²) in [5.41, 5.74) is 1.16. The third-order valence-corrected chi connectivity index (χ3v) is 9.98. The minimum absolute atomic E-state index is 0.0473. The lowest BCUT2D eigenvalue weighted by Gasteiger charge is -2.46. The molecule has 2 aromatic carbocycles. The Morgan fingerprint density at radius 2 is 1.67 bits per heavy atom. The first kappa shape index (κ1) is 31.7. The van der Waals surface area contributed by atoms with E-state index in [0.29, 0.717) is 38.6 Å². The van der Waals surface area contributed by atoms with Crippen molar-refractivity contribution in [3.63, 3.8) is 0 Å². The lowest BCUT2D eigenvalue weighted by molar-refractivity contribution is 0.0309. The number of benzene rings is 2. The molecule has 1 N–H and O–H groups in total. The molecule has 3 aromatic rings. The number of hydrogen-bond donors (Lipinski definition) is 1. The first-order valence-corrected chi connectivity index (χ1v) is 17.1. The van der Waals surface area contributed by atoms with E-state index < -0.39 is 17.1 Å². The van der Waals surface area contributed by atoms with Gasteiger partial charge in [0, 0.05) is 44.0 Å². The van der Waals surface area contributed by atoms with Gasteiger partial charge >= 0.3 is 6.03 Å². The van der Waals surface area contributed by atoms with Gasteiger partial charge in [-0.1, -0.05) is 87.9 Å². The number of urea groups is 1. The van der Waals surface area contributed by atoms with Crippen LogP contribution in [-0.4, -0.2) is 87.8 Å². The van der Waals surface area contributed by atoms with Crippen LogP contribution < -0.4 is 5.32 Å². The van der Waals surface area contributed by atoms with Crippen LogP contribution in [0.1, 0.15) is 76.7 Å². The van der Waals surface area contributed by atoms with Crippen LogP contribution in [0.15, 0.2) is 66.9 Å². The number of alkyl halides is 1. The predicted octanol–water partition coefficient (Wildman–Crippen LogP) is 6.76. The molecule has 242 valence electrons. The van der Waals surface area contributed by atoms with Crippen LogP contribution in [0.2, 0.25) is 0 Å². The number of amides is 2. The van der Waals surface area contributed by atoms with E-state index in [-0.39, 0.29) is 19.1 Å². The van der Waals surface area contributed by atoms with Crippen molar-refractivity contribution in [1.82, 2.24) is 29.6 Å². The van der Waals surface area contributed by atoms with Gasteiger partial charge in [0.05, 0.1) is 18.3 Å². The quantitative estimate of drug-likeness (QED) is 0.305. The lowest BCUT2D eigenvalue weighted by Crippen LogP contribution is -2.56. The monoisotopic (exact) mass is 614 g/mol. The Hall–Kier alpha value is -3.23. The maximum Gasteiger partial charge on any atom is 0.320 e. The SMILES string of the molecule is CC(C)(C)C(c1nc(-c2ccccc2)cn1Cc1ccccc1)N(C[C@]1(F)CCNC1)C(=O)N1CCC(N2CCCCC2)CC1. The van der Waals surface area contributed by atoms with Crippen molar-refractivity contribution in [2.45, 2.75) is 83.6 Å². The van der Waals surface area contributed by atoms with E-state index in [1.807, 2.05) is 34.1 Å². The van der Waals surface area contributed by atoms with E-state index in [2.05, 4.69) is 78.2 Å². The third kappa shape index (κ3) is 7.44. The van der Waals surface area contributed by atoms with Crippen LogP contribution in [0.4, 0.5) is 9.18 Å². The summed E-state index contributed by atoms with van der Waals surface area (Å²) in [4.78, 5) is 26.5. The van der Waals surface area contributed by atoms with Gasteiger partial charge in [0.2, 0.25) is 0 Å². The summed E-state index contributed by atoms with van der Waals surface area (Å²) < 4.78 is 18.7. The average Bonchev–Trinajstić information content (AvgIpc) is 3.67. The van der Waals surface area contributed by atoms with Gasteiger partial charge in [-0.2, -0.15) is 0 Å². The average molecular weight is 615 g/mol. The lowest BCUT2D eigenvalue weighted by atomic mass is 9.84. The Kier molecular flexibility index (Phi) is 9.62. The zero-order valence-corrected chi connectivity index (χ0v) is 27.4. The third-order valence-electron chi connectivity index (χ3n) is 9.98. The van der Waals surface area contributed by atoms with Crippen molar-refractivity contribution in [3.05, 3.63) is 78.2 Å². The Bertz CT molecular complexity index is 1380. The number of nitrogens with one attached hydrogen (secondary N) is 1. The summed E-state index contributed by atoms with van der Waals surface area (Å²) in [5, 5.41) is 3.21. The molecule has 45 heavy (non-hydrogen) atoms. The molecule has 0 spiro atoms. The molecule has 8 heteroatoms. The van der Waals surface area contributed by atoms with E-state index in [1.54, 1.807) is 0 Å². The second-order valence-corrected chi connectivity index (χ2v) is 14.5. The summed E-state index contributed by atoms with van der Waals surface area (Å²) in [5.74, 6) is 0.802. The normalized spacial score (nSPS) is 22.4. The zero-order valence-electron chi connectivity index (χ0n) is 27.4. The molecular formula is C37H51FN6O. The van der Waals surface area contributed by atoms with E-state index in [1.165, 1.54) is 32.4 Å². The predicted molar refractivity (Wildman–Crippen MR) is 179 cm³/mol. The Morgan fingerprint density at radius 3 is 2.29 bits per heavy atom. The Morgan fingerprint density at radius 1 is 1.00 bits per heavy atom. The number of likely N-dealkylation sites (tertiary alicyclic amines) is 2. The molecule has 2 atom stereocenters. The standard InChI is InChI=1S/C37H51FN6O/c1-36(2,3)33(34-40-32(30-15-9-5-10-16-30)26-43(34)25-29-13-7-4-8-14-29)44(28-37(38)19-20-39-27-37)35(45)42-23-17-31(18-24-42)41-21-11-6-12-22-41/h4-5,7-10,13-16,26,31,33,39H,6,11-12,17-25,27-28H2,1-3H3/t33?,37-/m0/s1. The van der Waals surface area contributed by atoms with Crippen molar-refractivity contribution >= 4 is 6.03 Å². The number of halogens is 1. The highest BCUT2D eigenvalue weighted by Gasteiger charge is 2.46. The van der Waals surface area contributed by atoms with Gasteiger partial charge in [-0.05, 0) is 62.7 Å². The molecule has 7 nitrogen and oxygen atoms in total. The van der Waals surface area contributed by atoms with Gasteiger partial charge in [0.1, 0.15) is 11.5 Å². The van der Waals surface area contributed by atoms with Crippen molar-refractivity contribution in [2.75, 3.05) is 45.8 Å². The molecule has 0 saturated carbocycles. The minimum atomic E-state index is -1.48. The van der Waals surface area contributed by atoms with E-state index >= 15 is 4.39 Å². The maximum absolute atomic E-state index is 16.5. The highest BCUT2D eigenvalue weighted by molar-refractivity contribution is 5.75. The van der Waals surface area contributed by atoms with Crippen LogP contribution in [-0.2, 0) is 6.54 Å². The van der Waals surface area contributed by atoms with Crippen molar-refractivity contribution < 1.29 is 9.18 Å². The maximum atomic E-state index is 16.5. The molecule has 0 aliphatic carbocycles. The van der Waals surface area contributed by atoms with Crippen LogP contribution >= 0.6 is 0 Å². The highest BCUT2D eigenvalue weighted by atomic mass is 19.1. The number of imidazole rings is 1. The molecule has 2 amide bonds. The molecule has 3 aliphatic heterocycles. The van der Waals surface area contributed by atoms with E-state index in [0.717, 1.165) is 35.5 Å². The number of aromatic nitrogens is 2. The van der Waals surface area contributed by atoms with Gasteiger partial charge in [0.25, 0.3) is 0 Å². The van der Waals surface area contributed by atoms with Crippen LogP contribution in [0.5, 0.6) is 0 Å². The number of piperidine rings is 2. The summed E-state index contributed by atoms with van der Waals surface area (Å²) in [6.07, 6.45) is 8.32. The number of carbonyl (C=O) groups is 1. The molecule has 0 radical (unpaired) electrons. The van der Waals surface area contributed by atoms with Gasteiger partial charge in [-0.3, -0.25) is 0 Å². The fourth-order valence-corrected chi connectivity index (χ4v) is 7.61. The summed E-state index contributed by atoms with van der Waals surface area (Å²) >= 11 is 0. The molecular weight excluding hydrogens is 563 g/mol. The van der Waals surface area contributed by atoms with Gasteiger partial charge < -0.3 is 24.6 Å². The molecule has 6 rings (SSSR count). The first-order chi connectivity index (χ1) is 21.7. The van der Waals surface area contributed by atoms with Gasteiger partial charge in [-0.15, -0.1) is 0 Å². The molecule has 1 aromatic heterocycles. The van der Waals surface area contributed by atoms with Crippen LogP contribution in [0, 0.1) is 5.41 Å². The smallest absolute Gasteiger partial charge is 0.320 e. The number of nitrogens with zero attached hydrogens (tertiary/aromatic N) is 5. The van der Waals surface area contributed by atoms with Crippen molar-refractivity contribution in [2.24, 2.45) is 5.41 Å². The van der Waals surface area contributed by atoms with Crippen LogP contribution in [0.3, 0.4) is 0 Å². The van der Waals surface area contributed by atoms with Crippen molar-refractivity contribution in [3.8, 4) is 11.3 Å². The first-order valence-electron chi connectivity index (χ1n) is 17.1. The number of hydrogen-bond acceptors (Lipinski definition) is 4. The van der Waals surface area contributed by atoms with E-state index in [9.17, 15) is 4.79 Å². The number of rotatable bonds is 8. The van der Waals surface area contributed by atoms with Gasteiger partial charge in [0.15, 0.2) is 0 Å². The molecule has 3 saturated heterocycles. The van der Waals surface area contributed by atoms with E-state index in [4.69, 9.17) is 4.98 Å². The Balaban J connectivity index is 1.36. The fourth-order valence-electron chi connectivity index (χ4n) is 7.61. The molecule has 3 fully saturated rings. The largest absolute Gasteiger partial charge is 0.328 e. The second-order valence-electron chi connectivity index (χ2n) is 14.5.